The molecule has 80 valence electrons. The predicted octanol–water partition coefficient (Wildman–Crippen LogP) is 1.11. The van der Waals surface area contributed by atoms with E-state index in [-0.39, 0.29) is 6.04 Å². The minimum atomic E-state index is 0.197. The van der Waals surface area contributed by atoms with E-state index in [9.17, 15) is 0 Å². The fourth-order valence-electron chi connectivity index (χ4n) is 1.28. The highest BCUT2D eigenvalue weighted by molar-refractivity contribution is 5.03. The summed E-state index contributed by atoms with van der Waals surface area (Å²) in [6.45, 7) is 3.60. The van der Waals surface area contributed by atoms with Crippen LogP contribution >= 0.6 is 0 Å². The lowest BCUT2D eigenvalue weighted by Crippen LogP contribution is -2.22. The lowest BCUT2D eigenvalue weighted by atomic mass is 10.2. The Hall–Kier alpha value is -0.870. The van der Waals surface area contributed by atoms with E-state index in [0.29, 0.717) is 6.61 Å². The fourth-order valence-corrected chi connectivity index (χ4v) is 1.28. The Balaban J connectivity index is 2.45. The third-order valence-corrected chi connectivity index (χ3v) is 2.06. The molecule has 0 aliphatic heterocycles. The van der Waals surface area contributed by atoms with Crippen LogP contribution in [0.4, 0.5) is 0 Å². The first-order valence-corrected chi connectivity index (χ1v) is 5.00. The Morgan fingerprint density at radius 2 is 2.43 bits per heavy atom. The van der Waals surface area contributed by atoms with E-state index in [1.54, 1.807) is 6.33 Å². The van der Waals surface area contributed by atoms with Crippen molar-refractivity contribution >= 4 is 0 Å². The van der Waals surface area contributed by atoms with Crippen molar-refractivity contribution in [1.29, 1.82) is 0 Å². The Morgan fingerprint density at radius 1 is 1.64 bits per heavy atom. The fraction of sp³-hybridized carbons (Fsp3) is 0.700. The van der Waals surface area contributed by atoms with Gasteiger partial charge in [0.1, 0.15) is 0 Å². The third-order valence-electron chi connectivity index (χ3n) is 2.06. The van der Waals surface area contributed by atoms with E-state index in [0.717, 1.165) is 18.7 Å². The van der Waals surface area contributed by atoms with Crippen molar-refractivity contribution in [2.45, 2.75) is 19.4 Å². The quantitative estimate of drug-likeness (QED) is 0.694. The molecule has 4 nitrogen and oxygen atoms in total. The van der Waals surface area contributed by atoms with Gasteiger partial charge in [-0.1, -0.05) is 6.92 Å². The molecule has 1 heterocycles. The summed E-state index contributed by atoms with van der Waals surface area (Å²) in [5, 5.41) is 3.19. The van der Waals surface area contributed by atoms with Gasteiger partial charge in [0.15, 0.2) is 0 Å². The van der Waals surface area contributed by atoms with E-state index in [4.69, 9.17) is 4.74 Å². The molecule has 0 aliphatic rings. The van der Waals surface area contributed by atoms with Crippen LogP contribution in [0.5, 0.6) is 0 Å². The SMILES string of the molecule is CCCOCC(NC)c1cn(C)cn1. The largest absolute Gasteiger partial charge is 0.379 e. The van der Waals surface area contributed by atoms with Crippen LogP contribution in [-0.4, -0.2) is 29.8 Å². The van der Waals surface area contributed by atoms with Crippen molar-refractivity contribution in [2.24, 2.45) is 7.05 Å². The van der Waals surface area contributed by atoms with Gasteiger partial charge >= 0.3 is 0 Å². The number of likely N-dealkylation sites (N-methyl/N-ethyl adjacent to an activating group) is 1. The van der Waals surface area contributed by atoms with Crippen molar-refractivity contribution in [3.63, 3.8) is 0 Å². The molecule has 1 atom stereocenters. The molecule has 0 spiro atoms. The molecule has 1 N–H and O–H groups in total. The van der Waals surface area contributed by atoms with Crippen LogP contribution in [0, 0.1) is 0 Å². The molecule has 0 saturated carbocycles. The maximum atomic E-state index is 5.49. The van der Waals surface area contributed by atoms with E-state index in [1.807, 2.05) is 24.9 Å². The number of rotatable bonds is 6. The first-order valence-electron chi connectivity index (χ1n) is 5.00. The number of nitrogens with one attached hydrogen (secondary N) is 1. The Bertz CT molecular complexity index is 260. The summed E-state index contributed by atoms with van der Waals surface area (Å²) in [5.74, 6) is 0. The van der Waals surface area contributed by atoms with Gasteiger partial charge < -0.3 is 14.6 Å². The van der Waals surface area contributed by atoms with Gasteiger partial charge in [-0.05, 0) is 13.5 Å². The molecule has 1 rings (SSSR count). The number of aryl methyl sites for hydroxylation is 1. The van der Waals surface area contributed by atoms with Crippen molar-refractivity contribution in [3.05, 3.63) is 18.2 Å². The molecule has 0 radical (unpaired) electrons. The molecule has 1 aromatic heterocycles. The van der Waals surface area contributed by atoms with Crippen molar-refractivity contribution in [3.8, 4) is 0 Å². The molecule has 1 aromatic rings. The van der Waals surface area contributed by atoms with Crippen LogP contribution < -0.4 is 5.32 Å². The molecule has 0 fully saturated rings. The van der Waals surface area contributed by atoms with Gasteiger partial charge in [-0.3, -0.25) is 0 Å². The van der Waals surface area contributed by atoms with Crippen LogP contribution in [-0.2, 0) is 11.8 Å². The summed E-state index contributed by atoms with van der Waals surface area (Å²) in [6, 6.07) is 0.197. The van der Waals surface area contributed by atoms with Gasteiger partial charge in [-0.2, -0.15) is 0 Å². The van der Waals surface area contributed by atoms with Crippen molar-refractivity contribution in [2.75, 3.05) is 20.3 Å². The molecule has 0 aromatic carbocycles. The molecule has 14 heavy (non-hydrogen) atoms. The number of nitrogens with zero attached hydrogens (tertiary/aromatic N) is 2. The van der Waals surface area contributed by atoms with Gasteiger partial charge in [0, 0.05) is 19.9 Å². The van der Waals surface area contributed by atoms with E-state index in [2.05, 4.69) is 17.2 Å². The van der Waals surface area contributed by atoms with E-state index >= 15 is 0 Å². The third kappa shape index (κ3) is 3.12. The van der Waals surface area contributed by atoms with E-state index in [1.165, 1.54) is 0 Å². The maximum absolute atomic E-state index is 5.49. The first-order chi connectivity index (χ1) is 6.77. The molecular formula is C10H19N3O. The normalized spacial score (nSPS) is 13.1. The number of hydrogen-bond donors (Lipinski definition) is 1. The Labute approximate surface area is 85.3 Å². The topological polar surface area (TPSA) is 39.1 Å². The van der Waals surface area contributed by atoms with Gasteiger partial charge in [0.25, 0.3) is 0 Å². The van der Waals surface area contributed by atoms with E-state index < -0.39 is 0 Å². The van der Waals surface area contributed by atoms with Gasteiger partial charge in [-0.15, -0.1) is 0 Å². The summed E-state index contributed by atoms with van der Waals surface area (Å²) in [6.07, 6.45) is 4.87. The van der Waals surface area contributed by atoms with Crippen LogP contribution in [0.25, 0.3) is 0 Å². The van der Waals surface area contributed by atoms with Crippen LogP contribution in [0.3, 0.4) is 0 Å². The van der Waals surface area contributed by atoms with Crippen LogP contribution in [0.15, 0.2) is 12.5 Å². The van der Waals surface area contributed by atoms with Gasteiger partial charge in [0.05, 0.1) is 24.7 Å². The molecule has 0 saturated heterocycles. The molecule has 1 unspecified atom stereocenters. The highest BCUT2D eigenvalue weighted by Crippen LogP contribution is 2.09. The Morgan fingerprint density at radius 3 is 2.93 bits per heavy atom. The zero-order valence-corrected chi connectivity index (χ0v) is 9.16. The zero-order valence-electron chi connectivity index (χ0n) is 9.16. The molecule has 0 aliphatic carbocycles. The second-order valence-corrected chi connectivity index (χ2v) is 3.38. The molecule has 0 bridgehead atoms. The monoisotopic (exact) mass is 197 g/mol. The second-order valence-electron chi connectivity index (χ2n) is 3.38. The summed E-state index contributed by atoms with van der Waals surface area (Å²) < 4.78 is 7.43. The molecular weight excluding hydrogens is 178 g/mol. The number of aromatic nitrogens is 2. The lowest BCUT2D eigenvalue weighted by molar-refractivity contribution is 0.113. The molecule has 4 heteroatoms. The summed E-state index contributed by atoms with van der Waals surface area (Å²) in [4.78, 5) is 4.29. The van der Waals surface area contributed by atoms with Crippen LogP contribution in [0.1, 0.15) is 25.1 Å². The molecule has 0 amide bonds. The number of hydrogen-bond acceptors (Lipinski definition) is 3. The number of imidazole rings is 1. The van der Waals surface area contributed by atoms with Gasteiger partial charge in [-0.25, -0.2) is 4.98 Å². The average Bonchev–Trinajstić information content (AvgIpc) is 2.60. The average molecular weight is 197 g/mol. The number of ether oxygens (including phenoxy) is 1. The van der Waals surface area contributed by atoms with Gasteiger partial charge in [0.2, 0.25) is 0 Å². The highest BCUT2D eigenvalue weighted by Gasteiger charge is 2.11. The second kappa shape index (κ2) is 5.78. The summed E-state index contributed by atoms with van der Waals surface area (Å²) in [7, 11) is 3.89. The first kappa shape index (κ1) is 11.2. The van der Waals surface area contributed by atoms with Crippen molar-refractivity contribution < 1.29 is 4.74 Å². The van der Waals surface area contributed by atoms with Crippen LogP contribution in [0.2, 0.25) is 0 Å². The minimum absolute atomic E-state index is 0.197. The zero-order chi connectivity index (χ0) is 10.4. The standard InChI is InChI=1S/C10H19N3O/c1-4-5-14-7-10(11-2)9-6-13(3)8-12-9/h6,8,10-11H,4-5,7H2,1-3H3. The maximum Gasteiger partial charge on any atom is 0.0947 e. The Kier molecular flexibility index (Phi) is 4.62. The lowest BCUT2D eigenvalue weighted by Gasteiger charge is -2.13. The minimum Gasteiger partial charge on any atom is -0.379 e. The summed E-state index contributed by atoms with van der Waals surface area (Å²) in [5.41, 5.74) is 1.03. The highest BCUT2D eigenvalue weighted by atomic mass is 16.5. The predicted molar refractivity (Wildman–Crippen MR) is 56.1 cm³/mol. The smallest absolute Gasteiger partial charge is 0.0947 e. The van der Waals surface area contributed by atoms with Crippen molar-refractivity contribution in [1.82, 2.24) is 14.9 Å². The summed E-state index contributed by atoms with van der Waals surface area (Å²) >= 11 is 0.